The molecule has 0 saturated heterocycles. The maximum absolute atomic E-state index is 15.1. The van der Waals surface area contributed by atoms with Crippen molar-refractivity contribution >= 4 is 60.3 Å². The molecular weight excluding hydrogens is 478 g/mol. The van der Waals surface area contributed by atoms with Crippen LogP contribution in [0.3, 0.4) is 0 Å². The van der Waals surface area contributed by atoms with Gasteiger partial charge in [-0.05, 0) is 59.5 Å². The number of halogens is 3. The second kappa shape index (κ2) is 8.50. The summed E-state index contributed by atoms with van der Waals surface area (Å²) in [5.41, 5.74) is 0.795. The molecule has 4 rings (SSSR count). The molecule has 0 unspecified atom stereocenters. The Morgan fingerprint density at radius 3 is 2.41 bits per heavy atom. The molecule has 0 radical (unpaired) electrons. The fourth-order valence-electron chi connectivity index (χ4n) is 3.14. The first-order valence-electron chi connectivity index (χ1n) is 9.17. The lowest BCUT2D eigenvalue weighted by Crippen LogP contribution is -2.12. The predicted molar refractivity (Wildman–Crippen MR) is 125 cm³/mol. The smallest absolute Gasteiger partial charge is 0.265 e. The minimum absolute atomic E-state index is 0.112. The van der Waals surface area contributed by atoms with Crippen LogP contribution in [0.1, 0.15) is 9.67 Å². The van der Waals surface area contributed by atoms with E-state index in [9.17, 15) is 17.6 Å². The van der Waals surface area contributed by atoms with E-state index in [-0.39, 0.29) is 16.3 Å². The van der Waals surface area contributed by atoms with Gasteiger partial charge in [0.25, 0.3) is 5.91 Å². The molecule has 0 aliphatic heterocycles. The van der Waals surface area contributed by atoms with Crippen molar-refractivity contribution in [2.45, 2.75) is 0 Å². The van der Waals surface area contributed by atoms with Gasteiger partial charge in [0, 0.05) is 21.0 Å². The minimum atomic E-state index is -3.44. The second-order valence-electron chi connectivity index (χ2n) is 7.01. The summed E-state index contributed by atoms with van der Waals surface area (Å²) in [6, 6.07) is 14.4. The van der Waals surface area contributed by atoms with Crippen LogP contribution in [0.5, 0.6) is 0 Å². The summed E-state index contributed by atoms with van der Waals surface area (Å²) < 4.78 is 54.3. The number of sulfonamides is 1. The van der Waals surface area contributed by atoms with Crippen LogP contribution in [-0.4, -0.2) is 20.6 Å². The highest BCUT2D eigenvalue weighted by Crippen LogP contribution is 2.33. The minimum Gasteiger partial charge on any atom is -0.319 e. The molecule has 0 bridgehead atoms. The van der Waals surface area contributed by atoms with Gasteiger partial charge in [0.15, 0.2) is 5.82 Å². The van der Waals surface area contributed by atoms with Gasteiger partial charge < -0.3 is 5.32 Å². The molecule has 0 fully saturated rings. The summed E-state index contributed by atoms with van der Waals surface area (Å²) in [6.45, 7) is 0. The van der Waals surface area contributed by atoms with Crippen molar-refractivity contribution < 1.29 is 22.0 Å². The molecule has 1 heterocycles. The zero-order chi connectivity index (χ0) is 23.0. The number of carbonyl (C=O) groups excluding carboxylic acids is 1. The van der Waals surface area contributed by atoms with Gasteiger partial charge in [-0.25, -0.2) is 17.2 Å². The number of anilines is 2. The van der Waals surface area contributed by atoms with Crippen molar-refractivity contribution in [2.24, 2.45) is 0 Å². The van der Waals surface area contributed by atoms with Gasteiger partial charge in [-0.2, -0.15) is 0 Å². The van der Waals surface area contributed by atoms with Gasteiger partial charge in [0.05, 0.1) is 16.8 Å². The number of rotatable bonds is 5. The number of hydrogen-bond acceptors (Lipinski definition) is 4. The first kappa shape index (κ1) is 22.2. The van der Waals surface area contributed by atoms with E-state index in [1.807, 2.05) is 0 Å². The average Bonchev–Trinajstić information content (AvgIpc) is 3.13. The van der Waals surface area contributed by atoms with Gasteiger partial charge in [-0.3, -0.25) is 9.52 Å². The Kier molecular flexibility index (Phi) is 5.89. The highest BCUT2D eigenvalue weighted by Gasteiger charge is 2.17. The number of nitrogens with one attached hydrogen (secondary N) is 2. The standard InChI is InChI=1S/C22H15ClF2N2O3S2/c1-32(29,30)27-16-6-7-19-13(8-16)9-20(31-19)22(28)26-18-11-14(23)10-17(21(18)25)12-2-4-15(24)5-3-12/h2-11,27H,1H3,(H,26,28). The number of benzene rings is 3. The lowest BCUT2D eigenvalue weighted by Gasteiger charge is -2.11. The van der Waals surface area contributed by atoms with Crippen LogP contribution in [0.2, 0.25) is 5.02 Å². The van der Waals surface area contributed by atoms with Crippen LogP contribution < -0.4 is 10.0 Å². The van der Waals surface area contributed by atoms with Crippen molar-refractivity contribution in [3.05, 3.63) is 82.2 Å². The van der Waals surface area contributed by atoms with Crippen molar-refractivity contribution in [2.75, 3.05) is 16.3 Å². The Balaban J connectivity index is 1.64. The normalized spacial score (nSPS) is 11.5. The quantitative estimate of drug-likeness (QED) is 0.352. The molecule has 0 aliphatic rings. The fourth-order valence-corrected chi connectivity index (χ4v) is 4.85. The third kappa shape index (κ3) is 4.90. The molecule has 0 spiro atoms. The van der Waals surface area contributed by atoms with E-state index in [1.165, 1.54) is 47.7 Å². The molecule has 2 N–H and O–H groups in total. The molecule has 10 heteroatoms. The van der Waals surface area contributed by atoms with E-state index >= 15 is 4.39 Å². The Labute approximate surface area is 191 Å². The first-order valence-corrected chi connectivity index (χ1v) is 12.3. The van der Waals surface area contributed by atoms with Crippen LogP contribution in [0.25, 0.3) is 21.2 Å². The summed E-state index contributed by atoms with van der Waals surface area (Å²) in [5.74, 6) is -1.70. The number of fused-ring (bicyclic) bond motifs is 1. The average molecular weight is 493 g/mol. The van der Waals surface area contributed by atoms with Gasteiger partial charge in [-0.15, -0.1) is 11.3 Å². The molecule has 0 atom stereocenters. The molecule has 32 heavy (non-hydrogen) atoms. The monoisotopic (exact) mass is 492 g/mol. The third-order valence-corrected chi connectivity index (χ3v) is 6.42. The van der Waals surface area contributed by atoms with Gasteiger partial charge in [0.2, 0.25) is 10.0 Å². The van der Waals surface area contributed by atoms with Crippen LogP contribution in [0.15, 0.2) is 60.7 Å². The topological polar surface area (TPSA) is 75.3 Å². The highest BCUT2D eigenvalue weighted by molar-refractivity contribution is 7.92. The van der Waals surface area contributed by atoms with Crippen molar-refractivity contribution in [3.8, 4) is 11.1 Å². The lowest BCUT2D eigenvalue weighted by atomic mass is 10.0. The summed E-state index contributed by atoms with van der Waals surface area (Å²) in [6.07, 6.45) is 1.05. The molecule has 0 saturated carbocycles. The lowest BCUT2D eigenvalue weighted by molar-refractivity contribution is 0.103. The van der Waals surface area contributed by atoms with Gasteiger partial charge in [-0.1, -0.05) is 23.7 Å². The third-order valence-electron chi connectivity index (χ3n) is 4.48. The van der Waals surface area contributed by atoms with E-state index in [1.54, 1.807) is 24.3 Å². The maximum Gasteiger partial charge on any atom is 0.265 e. The summed E-state index contributed by atoms with van der Waals surface area (Å²) in [5, 5.41) is 3.39. The van der Waals surface area contributed by atoms with Crippen molar-refractivity contribution in [3.63, 3.8) is 0 Å². The fraction of sp³-hybridized carbons (Fsp3) is 0.0455. The molecule has 5 nitrogen and oxygen atoms in total. The van der Waals surface area contributed by atoms with E-state index in [0.717, 1.165) is 11.0 Å². The SMILES string of the molecule is CS(=O)(=O)Nc1ccc2sc(C(=O)Nc3cc(Cl)cc(-c4ccc(F)cc4)c3F)cc2c1. The maximum atomic E-state index is 15.1. The largest absolute Gasteiger partial charge is 0.319 e. The summed E-state index contributed by atoms with van der Waals surface area (Å²) in [7, 11) is -3.44. The van der Waals surface area contributed by atoms with Crippen LogP contribution in [-0.2, 0) is 10.0 Å². The molecule has 0 aliphatic carbocycles. The Hall–Kier alpha value is -3.01. The highest BCUT2D eigenvalue weighted by atomic mass is 35.5. The van der Waals surface area contributed by atoms with Gasteiger partial charge >= 0.3 is 0 Å². The van der Waals surface area contributed by atoms with Gasteiger partial charge in [0.1, 0.15) is 5.82 Å². The zero-order valence-electron chi connectivity index (χ0n) is 16.4. The number of hydrogen-bond donors (Lipinski definition) is 2. The number of thiophene rings is 1. The summed E-state index contributed by atoms with van der Waals surface area (Å²) in [4.78, 5) is 13.1. The van der Waals surface area contributed by atoms with Crippen molar-refractivity contribution in [1.29, 1.82) is 0 Å². The van der Waals surface area contributed by atoms with Crippen LogP contribution in [0.4, 0.5) is 20.2 Å². The molecule has 3 aromatic carbocycles. The number of amides is 1. The Morgan fingerprint density at radius 1 is 1.00 bits per heavy atom. The van der Waals surface area contributed by atoms with E-state index in [0.29, 0.717) is 21.5 Å². The Morgan fingerprint density at radius 2 is 1.72 bits per heavy atom. The molecule has 164 valence electrons. The van der Waals surface area contributed by atoms with E-state index < -0.39 is 27.6 Å². The molecule has 4 aromatic rings. The van der Waals surface area contributed by atoms with Crippen molar-refractivity contribution in [1.82, 2.24) is 0 Å². The predicted octanol–water partition coefficient (Wildman–Crippen LogP) is 6.12. The molecule has 1 aromatic heterocycles. The Bertz CT molecular complexity index is 1450. The number of carbonyl (C=O) groups is 1. The van der Waals surface area contributed by atoms with Crippen LogP contribution in [0, 0.1) is 11.6 Å². The second-order valence-corrected chi connectivity index (χ2v) is 10.3. The van der Waals surface area contributed by atoms with E-state index in [2.05, 4.69) is 10.0 Å². The first-order chi connectivity index (χ1) is 15.1. The molecule has 1 amide bonds. The zero-order valence-corrected chi connectivity index (χ0v) is 18.8. The molecular formula is C22H15ClF2N2O3S2. The summed E-state index contributed by atoms with van der Waals surface area (Å²) >= 11 is 7.30. The van der Waals surface area contributed by atoms with Crippen LogP contribution >= 0.6 is 22.9 Å². The van der Waals surface area contributed by atoms with E-state index in [4.69, 9.17) is 11.6 Å².